The normalized spacial score (nSPS) is 18.8. The summed E-state index contributed by atoms with van der Waals surface area (Å²) >= 11 is 0. The van der Waals surface area contributed by atoms with Crippen LogP contribution in [0.3, 0.4) is 0 Å². The van der Waals surface area contributed by atoms with Gasteiger partial charge in [0.2, 0.25) is 21.8 Å². The number of fused-ring (bicyclic) bond motifs is 1. The van der Waals surface area contributed by atoms with E-state index >= 15 is 0 Å². The topological polar surface area (TPSA) is 104 Å². The highest BCUT2D eigenvalue weighted by molar-refractivity contribution is 7.89. The van der Waals surface area contributed by atoms with Gasteiger partial charge in [0.1, 0.15) is 6.04 Å². The Balaban J connectivity index is 1.78. The molecular formula is C21H31N3O4S. The maximum atomic E-state index is 13.0. The molecule has 1 aliphatic heterocycles. The number of carbonyl (C=O) groups excluding carboxylic acids is 2. The second kappa shape index (κ2) is 9.26. The predicted molar refractivity (Wildman–Crippen MR) is 112 cm³/mol. The lowest BCUT2D eigenvalue weighted by molar-refractivity contribution is -0.123. The van der Waals surface area contributed by atoms with Crippen LogP contribution in [0.2, 0.25) is 0 Å². The average molecular weight is 422 g/mol. The summed E-state index contributed by atoms with van der Waals surface area (Å²) in [6.07, 6.45) is 6.25. The zero-order chi connectivity index (χ0) is 21.0. The van der Waals surface area contributed by atoms with E-state index < -0.39 is 16.1 Å². The van der Waals surface area contributed by atoms with E-state index in [-0.39, 0.29) is 28.7 Å². The van der Waals surface area contributed by atoms with Crippen LogP contribution in [-0.2, 0) is 26.0 Å². The van der Waals surface area contributed by atoms with Crippen LogP contribution in [0.25, 0.3) is 0 Å². The van der Waals surface area contributed by atoms with E-state index in [1.165, 1.54) is 6.07 Å². The quantitative estimate of drug-likeness (QED) is 0.630. The minimum Gasteiger partial charge on any atom is -0.352 e. The molecule has 0 bridgehead atoms. The highest BCUT2D eigenvalue weighted by Crippen LogP contribution is 2.25. The lowest BCUT2D eigenvalue weighted by atomic mass is 10.0. The molecule has 0 aromatic heterocycles. The van der Waals surface area contributed by atoms with Crippen molar-refractivity contribution in [3.63, 3.8) is 0 Å². The third-order valence-electron chi connectivity index (χ3n) is 5.53. The molecule has 0 radical (unpaired) electrons. The second-order valence-electron chi connectivity index (χ2n) is 8.51. The first kappa shape index (κ1) is 21.8. The third-order valence-corrected chi connectivity index (χ3v) is 7.00. The van der Waals surface area contributed by atoms with Crippen molar-refractivity contribution < 1.29 is 18.0 Å². The zero-order valence-electron chi connectivity index (χ0n) is 17.2. The number of rotatable bonds is 7. The van der Waals surface area contributed by atoms with Gasteiger partial charge in [-0.15, -0.1) is 0 Å². The van der Waals surface area contributed by atoms with Crippen molar-refractivity contribution >= 4 is 27.5 Å². The molecule has 1 heterocycles. The number of hydrogen-bond acceptors (Lipinski definition) is 4. The van der Waals surface area contributed by atoms with E-state index in [1.807, 2.05) is 13.8 Å². The lowest BCUT2D eigenvalue weighted by Gasteiger charge is -2.22. The largest absolute Gasteiger partial charge is 0.352 e. The molecule has 29 heavy (non-hydrogen) atoms. The van der Waals surface area contributed by atoms with Crippen LogP contribution in [0.15, 0.2) is 23.1 Å². The van der Waals surface area contributed by atoms with Gasteiger partial charge in [0.25, 0.3) is 0 Å². The first-order valence-corrected chi connectivity index (χ1v) is 12.0. The molecule has 8 heteroatoms. The van der Waals surface area contributed by atoms with E-state index in [2.05, 4.69) is 15.4 Å². The number of aryl methyl sites for hydroxylation is 1. The molecule has 1 saturated carbocycles. The fourth-order valence-corrected chi connectivity index (χ4v) is 5.28. The number of benzene rings is 1. The number of hydrogen-bond donors (Lipinski definition) is 3. The van der Waals surface area contributed by atoms with Crippen LogP contribution in [0.5, 0.6) is 0 Å². The predicted octanol–water partition coefficient (Wildman–Crippen LogP) is 2.71. The van der Waals surface area contributed by atoms with E-state index in [9.17, 15) is 18.0 Å². The maximum absolute atomic E-state index is 13.0. The van der Waals surface area contributed by atoms with Crippen LogP contribution in [0.4, 0.5) is 5.69 Å². The number of amides is 2. The molecule has 1 aliphatic carbocycles. The number of anilines is 1. The van der Waals surface area contributed by atoms with E-state index in [0.717, 1.165) is 31.2 Å². The third kappa shape index (κ3) is 5.79. The Morgan fingerprint density at radius 2 is 1.90 bits per heavy atom. The Kier molecular flexibility index (Phi) is 6.95. The summed E-state index contributed by atoms with van der Waals surface area (Å²) in [5, 5.41) is 5.82. The van der Waals surface area contributed by atoms with Crippen LogP contribution < -0.4 is 15.4 Å². The van der Waals surface area contributed by atoms with Crippen molar-refractivity contribution in [2.24, 2.45) is 5.92 Å². The molecule has 160 valence electrons. The minimum absolute atomic E-state index is 0.0573. The summed E-state index contributed by atoms with van der Waals surface area (Å²) in [6.45, 7) is 3.93. The standard InChI is InChI=1S/C21H31N3O4S/c1-14(2)12-19(21(26)22-16-7-3-4-8-16)24-29(27,28)17-10-11-18-15(13-17)6-5-9-20(25)23-18/h10-11,13-14,16,19,24H,3-9,12H2,1-2H3,(H,22,26)(H,23,25)/t19-/m1/s1. The van der Waals surface area contributed by atoms with Gasteiger partial charge in [0, 0.05) is 18.2 Å². The van der Waals surface area contributed by atoms with E-state index in [1.54, 1.807) is 12.1 Å². The fraction of sp³-hybridized carbons (Fsp3) is 0.619. The van der Waals surface area contributed by atoms with Gasteiger partial charge in [0.05, 0.1) is 4.90 Å². The van der Waals surface area contributed by atoms with Gasteiger partial charge in [-0.25, -0.2) is 8.42 Å². The molecule has 0 unspecified atom stereocenters. The molecule has 1 aromatic carbocycles. The highest BCUT2D eigenvalue weighted by atomic mass is 32.2. The Labute approximate surface area is 173 Å². The van der Waals surface area contributed by atoms with Gasteiger partial charge in [-0.05, 0) is 61.8 Å². The van der Waals surface area contributed by atoms with Gasteiger partial charge in [-0.2, -0.15) is 4.72 Å². The molecule has 3 N–H and O–H groups in total. The van der Waals surface area contributed by atoms with Gasteiger partial charge < -0.3 is 10.6 Å². The SMILES string of the molecule is CC(C)C[C@@H](NS(=O)(=O)c1ccc2c(c1)CCCC(=O)N2)C(=O)NC1CCCC1. The minimum atomic E-state index is -3.87. The summed E-state index contributed by atoms with van der Waals surface area (Å²) < 4.78 is 28.7. The van der Waals surface area contributed by atoms with Crippen molar-refractivity contribution in [2.45, 2.75) is 82.2 Å². The molecule has 2 aliphatic rings. The van der Waals surface area contributed by atoms with Crippen molar-refractivity contribution in [3.05, 3.63) is 23.8 Å². The monoisotopic (exact) mass is 421 g/mol. The first-order chi connectivity index (χ1) is 13.7. The molecule has 3 rings (SSSR count). The van der Waals surface area contributed by atoms with Crippen molar-refractivity contribution in [3.8, 4) is 0 Å². The Hall–Kier alpha value is -1.93. The summed E-state index contributed by atoms with van der Waals surface area (Å²) in [5.74, 6) is -0.145. The van der Waals surface area contributed by atoms with Crippen molar-refractivity contribution in [1.82, 2.24) is 10.0 Å². The smallest absolute Gasteiger partial charge is 0.241 e. The number of carbonyl (C=O) groups is 2. The number of nitrogens with one attached hydrogen (secondary N) is 3. The van der Waals surface area contributed by atoms with Crippen LogP contribution in [-0.4, -0.2) is 32.3 Å². The van der Waals surface area contributed by atoms with Crippen molar-refractivity contribution in [1.29, 1.82) is 0 Å². The molecule has 2 amide bonds. The lowest BCUT2D eigenvalue weighted by Crippen LogP contribution is -2.49. The summed E-state index contributed by atoms with van der Waals surface area (Å²) in [6, 6.07) is 4.04. The van der Waals surface area contributed by atoms with Gasteiger partial charge in [0.15, 0.2) is 0 Å². The van der Waals surface area contributed by atoms with E-state index in [0.29, 0.717) is 31.4 Å². The zero-order valence-corrected chi connectivity index (χ0v) is 18.0. The molecule has 0 saturated heterocycles. The Bertz CT molecular complexity index is 861. The number of sulfonamides is 1. The summed E-state index contributed by atoms with van der Waals surface area (Å²) in [7, 11) is -3.87. The Morgan fingerprint density at radius 1 is 1.17 bits per heavy atom. The molecule has 1 aromatic rings. The van der Waals surface area contributed by atoms with Crippen molar-refractivity contribution in [2.75, 3.05) is 5.32 Å². The fourth-order valence-electron chi connectivity index (χ4n) is 4.03. The Morgan fingerprint density at radius 3 is 2.59 bits per heavy atom. The summed E-state index contributed by atoms with van der Waals surface area (Å²) in [4.78, 5) is 24.6. The molecule has 1 fully saturated rings. The molecular weight excluding hydrogens is 390 g/mol. The summed E-state index contributed by atoms with van der Waals surface area (Å²) in [5.41, 5.74) is 1.46. The van der Waals surface area contributed by atoms with Crippen LogP contribution in [0, 0.1) is 5.92 Å². The molecule has 0 spiro atoms. The molecule has 1 atom stereocenters. The first-order valence-electron chi connectivity index (χ1n) is 10.5. The average Bonchev–Trinajstić information content (AvgIpc) is 3.07. The van der Waals surface area contributed by atoms with E-state index in [4.69, 9.17) is 0 Å². The van der Waals surface area contributed by atoms with Crippen LogP contribution in [0.1, 0.15) is 64.4 Å². The maximum Gasteiger partial charge on any atom is 0.241 e. The highest BCUT2D eigenvalue weighted by Gasteiger charge is 2.29. The second-order valence-corrected chi connectivity index (χ2v) is 10.2. The van der Waals surface area contributed by atoms with Gasteiger partial charge in [-0.3, -0.25) is 9.59 Å². The van der Waals surface area contributed by atoms with Gasteiger partial charge >= 0.3 is 0 Å². The van der Waals surface area contributed by atoms with Gasteiger partial charge in [-0.1, -0.05) is 26.7 Å². The van der Waals surface area contributed by atoms with Crippen LogP contribution >= 0.6 is 0 Å². The molecule has 7 nitrogen and oxygen atoms in total.